The molecule has 0 N–H and O–H groups in total. The summed E-state index contributed by atoms with van der Waals surface area (Å²) in [6.07, 6.45) is 2.82. The zero-order valence-electron chi connectivity index (χ0n) is 14.9. The van der Waals surface area contributed by atoms with Crippen LogP contribution >= 0.6 is 11.6 Å². The molecule has 3 rings (SSSR count). The number of aryl methyl sites for hydroxylation is 3. The molecule has 2 aromatic carbocycles. The van der Waals surface area contributed by atoms with Gasteiger partial charge in [-0.1, -0.05) is 30.3 Å². The van der Waals surface area contributed by atoms with Crippen LogP contribution in [-0.4, -0.2) is 15.0 Å². The van der Waals surface area contributed by atoms with Crippen molar-refractivity contribution in [2.24, 2.45) is 0 Å². The fourth-order valence-electron chi connectivity index (χ4n) is 3.14. The van der Waals surface area contributed by atoms with Crippen molar-refractivity contribution in [2.45, 2.75) is 33.7 Å². The number of alkyl halides is 1. The first-order valence-electron chi connectivity index (χ1n) is 8.55. The van der Waals surface area contributed by atoms with E-state index in [4.69, 9.17) is 11.6 Å². The Morgan fingerprint density at radius 1 is 1.08 bits per heavy atom. The highest BCUT2D eigenvalue weighted by atomic mass is 35.5. The lowest BCUT2D eigenvalue weighted by Gasteiger charge is -2.06. The summed E-state index contributed by atoms with van der Waals surface area (Å²) < 4.78 is 3.65. The van der Waals surface area contributed by atoms with Crippen molar-refractivity contribution in [3.05, 3.63) is 69.6 Å². The number of nitrogens with zero attached hydrogens (tertiary/aromatic N) is 2. The molecule has 0 unspecified atom stereocenters. The summed E-state index contributed by atoms with van der Waals surface area (Å²) in [5.74, 6) is 0.544. The maximum Gasteiger partial charge on any atom is 0.333 e. The van der Waals surface area contributed by atoms with Crippen LogP contribution in [-0.2, 0) is 6.54 Å². The van der Waals surface area contributed by atoms with E-state index in [1.54, 1.807) is 0 Å². The summed E-state index contributed by atoms with van der Waals surface area (Å²) in [5.41, 5.74) is 6.28. The number of rotatable bonds is 5. The first kappa shape index (κ1) is 17.6. The molecule has 0 amide bonds. The molecule has 0 bridgehead atoms. The second kappa shape index (κ2) is 7.32. The van der Waals surface area contributed by atoms with E-state index in [9.17, 15) is 4.79 Å². The monoisotopic (exact) mass is 354 g/mol. The molecular weight excluding hydrogens is 332 g/mol. The molecule has 4 heteroatoms. The lowest BCUT2D eigenvalue weighted by molar-refractivity contribution is 0.668. The average Bonchev–Trinajstić information content (AvgIpc) is 2.85. The molecule has 0 atom stereocenters. The van der Waals surface area contributed by atoms with Crippen LogP contribution in [0.1, 0.15) is 30.0 Å². The number of aromatic nitrogens is 2. The van der Waals surface area contributed by atoms with Gasteiger partial charge in [0, 0.05) is 18.1 Å². The van der Waals surface area contributed by atoms with Crippen LogP contribution in [0.3, 0.4) is 0 Å². The molecule has 3 aromatic rings. The quantitative estimate of drug-likeness (QED) is 0.588. The van der Waals surface area contributed by atoms with Gasteiger partial charge in [0.1, 0.15) is 0 Å². The zero-order valence-corrected chi connectivity index (χ0v) is 15.7. The molecular formula is C21H23ClN2O. The predicted molar refractivity (Wildman–Crippen MR) is 107 cm³/mol. The van der Waals surface area contributed by atoms with E-state index in [1.165, 1.54) is 11.1 Å². The topological polar surface area (TPSA) is 26.9 Å². The van der Waals surface area contributed by atoms with Gasteiger partial charge in [-0.05, 0) is 62.1 Å². The lowest BCUT2D eigenvalue weighted by Crippen LogP contribution is -2.23. The Hall–Kier alpha value is -2.26. The number of benzene rings is 2. The average molecular weight is 355 g/mol. The number of halogens is 1. The molecule has 0 fully saturated rings. The number of imidazole rings is 1. The van der Waals surface area contributed by atoms with Gasteiger partial charge >= 0.3 is 5.69 Å². The molecule has 0 saturated carbocycles. The van der Waals surface area contributed by atoms with Crippen LogP contribution in [0, 0.1) is 13.8 Å². The van der Waals surface area contributed by atoms with Crippen LogP contribution in [0.2, 0.25) is 0 Å². The molecule has 0 aliphatic carbocycles. The van der Waals surface area contributed by atoms with E-state index >= 15 is 0 Å². The van der Waals surface area contributed by atoms with E-state index in [2.05, 4.69) is 26.0 Å². The Balaban J connectivity index is 2.23. The summed E-state index contributed by atoms with van der Waals surface area (Å²) in [4.78, 5) is 13.1. The Morgan fingerprint density at radius 2 is 1.72 bits per heavy atom. The maximum absolute atomic E-state index is 13.1. The standard InChI is InChI=1S/C21H23ClN2O/c1-15-12-19-20(13-16(15)2)24(21(25)23(19)11-7-10-22)17(3)14-18-8-5-4-6-9-18/h4-6,8-9,12-14H,7,10-11H2,1-3H3/b17-14+. The van der Waals surface area contributed by atoms with Crippen LogP contribution in [0.25, 0.3) is 22.8 Å². The fraction of sp³-hybridized carbons (Fsp3) is 0.286. The molecule has 0 aliphatic rings. The van der Waals surface area contributed by atoms with Crippen molar-refractivity contribution < 1.29 is 0 Å². The van der Waals surface area contributed by atoms with Gasteiger partial charge in [-0.3, -0.25) is 9.13 Å². The van der Waals surface area contributed by atoms with E-state index in [0.29, 0.717) is 12.4 Å². The van der Waals surface area contributed by atoms with Gasteiger partial charge < -0.3 is 0 Å². The number of fused-ring (bicyclic) bond motifs is 1. The third-order valence-electron chi connectivity index (χ3n) is 4.59. The minimum Gasteiger partial charge on any atom is -0.292 e. The minimum atomic E-state index is -0.00482. The molecule has 0 saturated heterocycles. The van der Waals surface area contributed by atoms with Gasteiger partial charge in [0.15, 0.2) is 0 Å². The molecule has 130 valence electrons. The Bertz CT molecular complexity index is 981. The van der Waals surface area contributed by atoms with Crippen LogP contribution in [0.4, 0.5) is 0 Å². The van der Waals surface area contributed by atoms with Crippen molar-refractivity contribution in [3.63, 3.8) is 0 Å². The smallest absolute Gasteiger partial charge is 0.292 e. The highest BCUT2D eigenvalue weighted by Gasteiger charge is 2.15. The van der Waals surface area contributed by atoms with Crippen molar-refractivity contribution in [3.8, 4) is 0 Å². The van der Waals surface area contributed by atoms with Gasteiger partial charge in [0.25, 0.3) is 0 Å². The van der Waals surface area contributed by atoms with E-state index in [0.717, 1.165) is 28.7 Å². The number of allylic oxidation sites excluding steroid dienone is 1. The molecule has 1 aromatic heterocycles. The van der Waals surface area contributed by atoms with E-state index in [1.807, 2.05) is 52.5 Å². The third-order valence-corrected chi connectivity index (χ3v) is 4.86. The SMILES string of the molecule is C/C(=C\c1ccccc1)n1c(=O)n(CCCCl)c2cc(C)c(C)cc21. The molecule has 0 spiro atoms. The number of hydrogen-bond donors (Lipinski definition) is 0. The van der Waals surface area contributed by atoms with Crippen LogP contribution < -0.4 is 5.69 Å². The fourth-order valence-corrected chi connectivity index (χ4v) is 3.26. The lowest BCUT2D eigenvalue weighted by atomic mass is 10.1. The summed E-state index contributed by atoms with van der Waals surface area (Å²) in [5, 5.41) is 0. The van der Waals surface area contributed by atoms with Crippen molar-refractivity contribution >= 4 is 34.4 Å². The van der Waals surface area contributed by atoms with Crippen molar-refractivity contribution in [2.75, 3.05) is 5.88 Å². The Morgan fingerprint density at radius 3 is 2.36 bits per heavy atom. The van der Waals surface area contributed by atoms with Gasteiger partial charge in [0.05, 0.1) is 11.0 Å². The normalized spacial score (nSPS) is 12.1. The second-order valence-electron chi connectivity index (χ2n) is 6.43. The Labute approximate surface area is 153 Å². The van der Waals surface area contributed by atoms with Gasteiger partial charge in [0.2, 0.25) is 0 Å². The number of hydrogen-bond acceptors (Lipinski definition) is 1. The molecule has 0 aliphatic heterocycles. The summed E-state index contributed by atoms with van der Waals surface area (Å²) >= 11 is 5.85. The first-order chi connectivity index (χ1) is 12.0. The molecule has 1 heterocycles. The van der Waals surface area contributed by atoms with Gasteiger partial charge in [-0.25, -0.2) is 4.79 Å². The minimum absolute atomic E-state index is 0.00482. The largest absolute Gasteiger partial charge is 0.333 e. The van der Waals surface area contributed by atoms with Crippen LogP contribution in [0.5, 0.6) is 0 Å². The van der Waals surface area contributed by atoms with E-state index in [-0.39, 0.29) is 5.69 Å². The highest BCUT2D eigenvalue weighted by Crippen LogP contribution is 2.22. The molecule has 0 radical (unpaired) electrons. The second-order valence-corrected chi connectivity index (χ2v) is 6.81. The summed E-state index contributed by atoms with van der Waals surface area (Å²) in [6, 6.07) is 14.3. The highest BCUT2D eigenvalue weighted by molar-refractivity contribution is 6.17. The summed E-state index contributed by atoms with van der Waals surface area (Å²) in [7, 11) is 0. The van der Waals surface area contributed by atoms with Crippen LogP contribution in [0.15, 0.2) is 47.3 Å². The van der Waals surface area contributed by atoms with Crippen molar-refractivity contribution in [1.29, 1.82) is 0 Å². The predicted octanol–water partition coefficient (Wildman–Crippen LogP) is 5.07. The van der Waals surface area contributed by atoms with Gasteiger partial charge in [-0.2, -0.15) is 0 Å². The van der Waals surface area contributed by atoms with Crippen molar-refractivity contribution in [1.82, 2.24) is 9.13 Å². The zero-order chi connectivity index (χ0) is 18.0. The Kier molecular flexibility index (Phi) is 5.14. The third kappa shape index (κ3) is 3.42. The maximum atomic E-state index is 13.1. The molecule has 3 nitrogen and oxygen atoms in total. The van der Waals surface area contributed by atoms with Gasteiger partial charge in [-0.15, -0.1) is 11.6 Å². The first-order valence-corrected chi connectivity index (χ1v) is 9.08. The van der Waals surface area contributed by atoms with E-state index < -0.39 is 0 Å². The summed E-state index contributed by atoms with van der Waals surface area (Å²) in [6.45, 7) is 6.77. The molecule has 25 heavy (non-hydrogen) atoms.